The van der Waals surface area contributed by atoms with E-state index < -0.39 is 11.7 Å². The lowest BCUT2D eigenvalue weighted by atomic mass is 10.3. The second-order valence-electron chi connectivity index (χ2n) is 3.54. The Morgan fingerprint density at radius 3 is 2.78 bits per heavy atom. The summed E-state index contributed by atoms with van der Waals surface area (Å²) < 4.78 is 42.8. The van der Waals surface area contributed by atoms with Gasteiger partial charge >= 0.3 is 6.18 Å². The summed E-state index contributed by atoms with van der Waals surface area (Å²) in [5, 5.41) is 1.83. The first-order chi connectivity index (χ1) is 8.54. The van der Waals surface area contributed by atoms with Gasteiger partial charge in [-0.15, -0.1) is 11.3 Å². The molecule has 3 aromatic rings. The molecule has 0 radical (unpaired) electrons. The van der Waals surface area contributed by atoms with Crippen LogP contribution in [0.5, 0.6) is 0 Å². The third kappa shape index (κ3) is 1.86. The van der Waals surface area contributed by atoms with Gasteiger partial charge in [0.1, 0.15) is 5.52 Å². The maximum atomic E-state index is 12.5. The molecule has 0 fully saturated rings. The number of pyridine rings is 1. The summed E-state index contributed by atoms with van der Waals surface area (Å²) in [7, 11) is 0. The molecule has 92 valence electrons. The Balaban J connectivity index is 2.13. The van der Waals surface area contributed by atoms with Crippen LogP contribution in [0, 0.1) is 0 Å². The first-order valence-corrected chi connectivity index (χ1v) is 5.80. The first kappa shape index (κ1) is 11.2. The van der Waals surface area contributed by atoms with Gasteiger partial charge in [-0.1, -0.05) is 6.07 Å². The van der Waals surface area contributed by atoms with Crippen LogP contribution in [0.3, 0.4) is 0 Å². The highest BCUT2D eigenvalue weighted by atomic mass is 32.1. The maximum Gasteiger partial charge on any atom is 0.417 e. The molecule has 18 heavy (non-hydrogen) atoms. The molecule has 0 unspecified atom stereocenters. The quantitative estimate of drug-likeness (QED) is 0.671. The van der Waals surface area contributed by atoms with E-state index in [0.29, 0.717) is 0 Å². The zero-order chi connectivity index (χ0) is 12.8. The Morgan fingerprint density at radius 1 is 1.28 bits per heavy atom. The molecule has 0 aliphatic heterocycles. The molecule has 3 nitrogen and oxygen atoms in total. The van der Waals surface area contributed by atoms with Crippen LogP contribution >= 0.6 is 11.3 Å². The fourth-order valence-electron chi connectivity index (χ4n) is 1.48. The molecule has 0 aliphatic rings. The van der Waals surface area contributed by atoms with Crippen LogP contribution in [0.25, 0.3) is 22.0 Å². The number of hydrogen-bond donors (Lipinski definition) is 0. The molecule has 0 spiro atoms. The molecule has 7 heteroatoms. The van der Waals surface area contributed by atoms with E-state index in [0.717, 1.165) is 17.1 Å². The monoisotopic (exact) mass is 270 g/mol. The minimum absolute atomic E-state index is 0.103. The van der Waals surface area contributed by atoms with Crippen LogP contribution in [0.4, 0.5) is 13.2 Å². The number of rotatable bonds is 1. The van der Waals surface area contributed by atoms with Crippen molar-refractivity contribution >= 4 is 22.6 Å². The van der Waals surface area contributed by atoms with E-state index in [1.807, 2.05) is 11.4 Å². The van der Waals surface area contributed by atoms with Crippen LogP contribution in [0.15, 0.2) is 34.2 Å². The van der Waals surface area contributed by atoms with Crippen LogP contribution in [-0.4, -0.2) is 9.97 Å². The van der Waals surface area contributed by atoms with Crippen molar-refractivity contribution in [1.29, 1.82) is 0 Å². The molecule has 0 atom stereocenters. The molecular formula is C11H5F3N2OS. The minimum Gasteiger partial charge on any atom is -0.417 e. The number of nitrogens with zero attached hydrogens (tertiary/aromatic N) is 2. The number of hydrogen-bond acceptors (Lipinski definition) is 4. The zero-order valence-electron chi connectivity index (χ0n) is 8.73. The second-order valence-corrected chi connectivity index (χ2v) is 4.49. The van der Waals surface area contributed by atoms with Gasteiger partial charge in [-0.25, -0.2) is 9.97 Å². The van der Waals surface area contributed by atoms with Gasteiger partial charge in [0.2, 0.25) is 11.6 Å². The van der Waals surface area contributed by atoms with E-state index in [1.54, 1.807) is 6.07 Å². The zero-order valence-corrected chi connectivity index (χ0v) is 9.55. The van der Waals surface area contributed by atoms with E-state index in [2.05, 4.69) is 9.97 Å². The fraction of sp³-hybridized carbons (Fsp3) is 0.0909. The van der Waals surface area contributed by atoms with Crippen molar-refractivity contribution in [2.24, 2.45) is 0 Å². The van der Waals surface area contributed by atoms with Gasteiger partial charge in [-0.2, -0.15) is 13.2 Å². The predicted octanol–water partition coefficient (Wildman–Crippen LogP) is 3.97. The third-order valence-electron chi connectivity index (χ3n) is 2.31. The van der Waals surface area contributed by atoms with Gasteiger partial charge in [-0.05, 0) is 17.5 Å². The predicted molar refractivity (Wildman–Crippen MR) is 60.1 cm³/mol. The highest BCUT2D eigenvalue weighted by molar-refractivity contribution is 7.13. The number of thiophene rings is 1. The standard InChI is InChI=1S/C11H5F3N2OS/c12-11(13,14)6-4-7-9(15-5-6)17-10(16-7)8-2-1-3-18-8/h1-5H. The summed E-state index contributed by atoms with van der Waals surface area (Å²) in [5.74, 6) is 0.284. The van der Waals surface area contributed by atoms with Crippen molar-refractivity contribution in [3.63, 3.8) is 0 Å². The molecule has 0 saturated carbocycles. The van der Waals surface area contributed by atoms with E-state index in [1.165, 1.54) is 11.3 Å². The van der Waals surface area contributed by atoms with Gasteiger partial charge in [0.25, 0.3) is 0 Å². The summed E-state index contributed by atoms with van der Waals surface area (Å²) in [6, 6.07) is 4.52. The molecule has 3 aromatic heterocycles. The number of oxazole rings is 1. The normalized spacial score (nSPS) is 12.2. The van der Waals surface area contributed by atoms with Gasteiger partial charge in [0, 0.05) is 6.20 Å². The Bertz CT molecular complexity index is 688. The molecule has 0 aromatic carbocycles. The Labute approximate surface area is 103 Å². The highest BCUT2D eigenvalue weighted by Crippen LogP contribution is 2.32. The number of halogens is 3. The van der Waals surface area contributed by atoms with E-state index in [-0.39, 0.29) is 17.1 Å². The van der Waals surface area contributed by atoms with Crippen molar-refractivity contribution in [3.05, 3.63) is 35.3 Å². The second kappa shape index (κ2) is 3.81. The smallest absolute Gasteiger partial charge is 0.417 e. The lowest BCUT2D eigenvalue weighted by Crippen LogP contribution is -2.04. The van der Waals surface area contributed by atoms with Gasteiger partial charge in [-0.3, -0.25) is 0 Å². The molecular weight excluding hydrogens is 265 g/mol. The highest BCUT2D eigenvalue weighted by Gasteiger charge is 2.31. The van der Waals surface area contributed by atoms with Gasteiger partial charge in [0.05, 0.1) is 10.4 Å². The topological polar surface area (TPSA) is 38.9 Å². The van der Waals surface area contributed by atoms with E-state index >= 15 is 0 Å². The SMILES string of the molecule is FC(F)(F)c1cnc2oc(-c3cccs3)nc2c1. The van der Waals surface area contributed by atoms with Crippen molar-refractivity contribution in [1.82, 2.24) is 9.97 Å². The lowest BCUT2D eigenvalue weighted by Gasteiger charge is -2.03. The summed E-state index contributed by atoms with van der Waals surface area (Å²) in [5.41, 5.74) is -0.624. The summed E-state index contributed by atoms with van der Waals surface area (Å²) >= 11 is 1.39. The largest absolute Gasteiger partial charge is 0.417 e. The Hall–Kier alpha value is -1.89. The number of alkyl halides is 3. The molecule has 0 N–H and O–H groups in total. The third-order valence-corrected chi connectivity index (χ3v) is 3.16. The molecule has 3 rings (SSSR count). The summed E-state index contributed by atoms with van der Waals surface area (Å²) in [6.45, 7) is 0. The van der Waals surface area contributed by atoms with Gasteiger partial charge in [0.15, 0.2) is 0 Å². The minimum atomic E-state index is -4.43. The first-order valence-electron chi connectivity index (χ1n) is 4.92. The lowest BCUT2D eigenvalue weighted by molar-refractivity contribution is -0.137. The van der Waals surface area contributed by atoms with E-state index in [9.17, 15) is 13.2 Å². The summed E-state index contributed by atoms with van der Waals surface area (Å²) in [4.78, 5) is 8.40. The Morgan fingerprint density at radius 2 is 2.11 bits per heavy atom. The molecule has 0 saturated heterocycles. The molecule has 0 bridgehead atoms. The molecule has 0 aliphatic carbocycles. The molecule has 3 heterocycles. The van der Waals surface area contributed by atoms with Crippen molar-refractivity contribution in [2.45, 2.75) is 6.18 Å². The van der Waals surface area contributed by atoms with Crippen LogP contribution < -0.4 is 0 Å². The van der Waals surface area contributed by atoms with Gasteiger partial charge < -0.3 is 4.42 Å². The van der Waals surface area contributed by atoms with Crippen LogP contribution in [-0.2, 0) is 6.18 Å². The fourth-order valence-corrected chi connectivity index (χ4v) is 2.13. The van der Waals surface area contributed by atoms with Crippen LogP contribution in [0.2, 0.25) is 0 Å². The van der Waals surface area contributed by atoms with Crippen molar-refractivity contribution in [3.8, 4) is 10.8 Å². The molecule has 0 amide bonds. The van der Waals surface area contributed by atoms with Crippen molar-refractivity contribution < 1.29 is 17.6 Å². The number of fused-ring (bicyclic) bond motifs is 1. The van der Waals surface area contributed by atoms with Crippen LogP contribution in [0.1, 0.15) is 5.56 Å². The maximum absolute atomic E-state index is 12.5. The average molecular weight is 270 g/mol. The van der Waals surface area contributed by atoms with Crippen molar-refractivity contribution in [2.75, 3.05) is 0 Å². The van der Waals surface area contributed by atoms with E-state index in [4.69, 9.17) is 4.42 Å². The summed E-state index contributed by atoms with van der Waals surface area (Å²) in [6.07, 6.45) is -3.69. The Kier molecular flexibility index (Phi) is 2.37. The number of aromatic nitrogens is 2. The average Bonchev–Trinajstić information content (AvgIpc) is 2.95.